The minimum atomic E-state index is -0.545. The van der Waals surface area contributed by atoms with E-state index in [2.05, 4.69) is 15.3 Å². The second kappa shape index (κ2) is 6.67. The van der Waals surface area contributed by atoms with Gasteiger partial charge in [0, 0.05) is 11.5 Å². The van der Waals surface area contributed by atoms with Crippen molar-refractivity contribution in [1.29, 1.82) is 0 Å². The Morgan fingerprint density at radius 3 is 2.33 bits per heavy atom. The molecule has 8 heteroatoms. The fourth-order valence-electron chi connectivity index (χ4n) is 2.23. The predicted molar refractivity (Wildman–Crippen MR) is 92.3 cm³/mol. The van der Waals surface area contributed by atoms with Crippen LogP contribution in [0.15, 0.2) is 30.6 Å². The Hall–Kier alpha value is -2.31. The van der Waals surface area contributed by atoms with E-state index in [0.29, 0.717) is 28.2 Å². The third-order valence-corrected chi connectivity index (χ3v) is 4.13. The van der Waals surface area contributed by atoms with Crippen molar-refractivity contribution in [2.45, 2.75) is 0 Å². The molecular weight excluding hydrogens is 355 g/mol. The van der Waals surface area contributed by atoms with E-state index in [1.807, 2.05) is 0 Å². The third-order valence-electron chi connectivity index (χ3n) is 3.40. The van der Waals surface area contributed by atoms with Crippen LogP contribution < -0.4 is 14.8 Å². The summed E-state index contributed by atoms with van der Waals surface area (Å²) >= 11 is 11.8. The maximum absolute atomic E-state index is 14.1. The first-order valence-corrected chi connectivity index (χ1v) is 7.57. The van der Waals surface area contributed by atoms with Gasteiger partial charge in [-0.2, -0.15) is 0 Å². The highest BCUT2D eigenvalue weighted by molar-refractivity contribution is 6.42. The van der Waals surface area contributed by atoms with Crippen molar-refractivity contribution >= 4 is 45.6 Å². The van der Waals surface area contributed by atoms with Gasteiger partial charge < -0.3 is 14.8 Å². The Kier molecular flexibility index (Phi) is 4.59. The molecule has 0 spiro atoms. The number of methoxy groups -OCH3 is 2. The summed E-state index contributed by atoms with van der Waals surface area (Å²) < 4.78 is 24.6. The predicted octanol–water partition coefficient (Wildman–Crippen LogP) is 4.84. The van der Waals surface area contributed by atoms with Gasteiger partial charge in [0.2, 0.25) is 0 Å². The highest BCUT2D eigenvalue weighted by atomic mass is 35.5. The van der Waals surface area contributed by atoms with Crippen LogP contribution in [0, 0.1) is 5.82 Å². The molecule has 1 N–H and O–H groups in total. The van der Waals surface area contributed by atoms with E-state index in [0.717, 1.165) is 6.07 Å². The van der Waals surface area contributed by atoms with Crippen molar-refractivity contribution in [3.63, 3.8) is 0 Å². The zero-order valence-corrected chi connectivity index (χ0v) is 14.2. The van der Waals surface area contributed by atoms with Crippen LogP contribution in [0.1, 0.15) is 0 Å². The second-order valence-corrected chi connectivity index (χ2v) is 5.63. The van der Waals surface area contributed by atoms with Gasteiger partial charge in [0.15, 0.2) is 11.5 Å². The molecule has 0 unspecified atom stereocenters. The lowest BCUT2D eigenvalue weighted by atomic mass is 10.2. The molecule has 24 heavy (non-hydrogen) atoms. The number of nitrogens with one attached hydrogen (secondary N) is 1. The van der Waals surface area contributed by atoms with E-state index in [9.17, 15) is 4.39 Å². The number of hydrogen-bond donors (Lipinski definition) is 1. The molecule has 0 fully saturated rings. The van der Waals surface area contributed by atoms with Crippen molar-refractivity contribution in [1.82, 2.24) is 9.97 Å². The largest absolute Gasteiger partial charge is 0.493 e. The van der Waals surface area contributed by atoms with Crippen LogP contribution in [-0.4, -0.2) is 24.2 Å². The van der Waals surface area contributed by atoms with Gasteiger partial charge in [-0.25, -0.2) is 14.4 Å². The summed E-state index contributed by atoms with van der Waals surface area (Å²) in [6.45, 7) is 0. The summed E-state index contributed by atoms with van der Waals surface area (Å²) in [5.41, 5.74) is 0.768. The molecule has 0 atom stereocenters. The van der Waals surface area contributed by atoms with Gasteiger partial charge >= 0.3 is 0 Å². The van der Waals surface area contributed by atoms with E-state index >= 15 is 0 Å². The van der Waals surface area contributed by atoms with E-state index < -0.39 is 5.82 Å². The Labute approximate surface area is 147 Å². The lowest BCUT2D eigenvalue weighted by molar-refractivity contribution is 0.356. The fourth-order valence-corrected chi connectivity index (χ4v) is 2.54. The first kappa shape index (κ1) is 16.5. The van der Waals surface area contributed by atoms with Crippen LogP contribution in [-0.2, 0) is 0 Å². The first-order chi connectivity index (χ1) is 11.5. The Bertz CT molecular complexity index is 921. The highest BCUT2D eigenvalue weighted by Crippen LogP contribution is 2.35. The lowest BCUT2D eigenvalue weighted by Gasteiger charge is -2.13. The number of hydrogen-bond acceptors (Lipinski definition) is 5. The van der Waals surface area contributed by atoms with Gasteiger partial charge in [0.05, 0.1) is 35.5 Å². The average Bonchev–Trinajstić information content (AvgIpc) is 2.58. The summed E-state index contributed by atoms with van der Waals surface area (Å²) in [7, 11) is 3.06. The summed E-state index contributed by atoms with van der Waals surface area (Å²) in [4.78, 5) is 8.36. The van der Waals surface area contributed by atoms with Gasteiger partial charge in [0.25, 0.3) is 0 Å². The van der Waals surface area contributed by atoms with Crippen molar-refractivity contribution in [2.75, 3.05) is 19.5 Å². The minimum Gasteiger partial charge on any atom is -0.493 e. The molecule has 3 rings (SSSR count). The number of ether oxygens (including phenoxy) is 2. The summed E-state index contributed by atoms with van der Waals surface area (Å²) in [5.74, 6) is 0.905. The molecule has 0 saturated heterocycles. The molecule has 0 amide bonds. The van der Waals surface area contributed by atoms with Crippen LogP contribution in [0.2, 0.25) is 10.0 Å². The quantitative estimate of drug-likeness (QED) is 0.669. The Morgan fingerprint density at radius 1 is 0.958 bits per heavy atom. The maximum atomic E-state index is 14.1. The number of anilines is 2. The SMILES string of the molecule is COc1cc2ncnc(Nc3cc(Cl)c(Cl)cc3[18F])c2cc1OC. The molecular formula is C16H12Cl2FN3O2. The molecule has 0 radical (unpaired) electrons. The molecule has 0 aliphatic rings. The van der Waals surface area contributed by atoms with Gasteiger partial charge in [-0.05, 0) is 18.2 Å². The zero-order valence-electron chi connectivity index (χ0n) is 12.7. The van der Waals surface area contributed by atoms with Crippen molar-refractivity contribution in [3.8, 4) is 11.5 Å². The van der Waals surface area contributed by atoms with Crippen molar-refractivity contribution in [2.24, 2.45) is 0 Å². The number of benzene rings is 2. The average molecular weight is 367 g/mol. The van der Waals surface area contributed by atoms with E-state index in [1.165, 1.54) is 26.6 Å². The topological polar surface area (TPSA) is 56.3 Å². The summed E-state index contributed by atoms with van der Waals surface area (Å²) in [5, 5.41) is 3.92. The molecule has 3 aromatic rings. The number of fused-ring (bicyclic) bond motifs is 1. The Balaban J connectivity index is 2.11. The number of rotatable bonds is 4. The third kappa shape index (κ3) is 3.02. The first-order valence-electron chi connectivity index (χ1n) is 6.81. The van der Waals surface area contributed by atoms with Gasteiger partial charge in [0.1, 0.15) is 18.0 Å². The fraction of sp³-hybridized carbons (Fsp3) is 0.125. The number of halogens is 3. The lowest BCUT2D eigenvalue weighted by Crippen LogP contribution is -1.99. The number of aromatic nitrogens is 2. The van der Waals surface area contributed by atoms with Gasteiger partial charge in [-0.1, -0.05) is 23.2 Å². The van der Waals surface area contributed by atoms with E-state index in [-0.39, 0.29) is 15.7 Å². The van der Waals surface area contributed by atoms with Crippen LogP contribution in [0.25, 0.3) is 10.9 Å². The standard InChI is InChI=1S/C16H12Cl2FN3O2/c1-23-14-3-8-12(6-15(14)24-2)20-7-21-16(8)22-13-5-10(18)9(17)4-11(13)19/h3-7H,1-2H3,(H,20,21,22)/i19-1. The highest BCUT2D eigenvalue weighted by Gasteiger charge is 2.13. The molecule has 0 bridgehead atoms. The zero-order chi connectivity index (χ0) is 17.3. The van der Waals surface area contributed by atoms with Crippen molar-refractivity contribution < 1.29 is 13.9 Å². The molecule has 0 aliphatic carbocycles. The molecule has 0 saturated carbocycles. The van der Waals surface area contributed by atoms with Crippen molar-refractivity contribution in [3.05, 3.63) is 46.5 Å². The van der Waals surface area contributed by atoms with Crippen LogP contribution in [0.3, 0.4) is 0 Å². The summed E-state index contributed by atoms with van der Waals surface area (Å²) in [6, 6.07) is 5.96. The van der Waals surface area contributed by atoms with Gasteiger partial charge in [-0.15, -0.1) is 0 Å². The van der Waals surface area contributed by atoms with Crippen LogP contribution >= 0.6 is 23.2 Å². The van der Waals surface area contributed by atoms with Crippen LogP contribution in [0.4, 0.5) is 15.9 Å². The maximum Gasteiger partial charge on any atom is 0.162 e. The minimum absolute atomic E-state index is 0.138. The molecule has 1 aromatic heterocycles. The molecule has 5 nitrogen and oxygen atoms in total. The van der Waals surface area contributed by atoms with Crippen LogP contribution in [0.5, 0.6) is 11.5 Å². The van der Waals surface area contributed by atoms with E-state index in [1.54, 1.807) is 12.1 Å². The van der Waals surface area contributed by atoms with Gasteiger partial charge in [-0.3, -0.25) is 0 Å². The Morgan fingerprint density at radius 2 is 1.62 bits per heavy atom. The molecule has 1 heterocycles. The monoisotopic (exact) mass is 366 g/mol. The number of nitrogens with zero attached hydrogens (tertiary/aromatic N) is 2. The second-order valence-electron chi connectivity index (χ2n) is 4.82. The molecule has 0 aliphatic heterocycles. The smallest absolute Gasteiger partial charge is 0.162 e. The van der Waals surface area contributed by atoms with E-state index in [4.69, 9.17) is 32.7 Å². The normalized spacial score (nSPS) is 10.7. The molecule has 2 aromatic carbocycles. The summed E-state index contributed by atoms with van der Waals surface area (Å²) in [6.07, 6.45) is 1.37. The molecule has 124 valence electrons.